The number of nitrogens with one attached hydrogen (secondary N) is 1. The predicted molar refractivity (Wildman–Crippen MR) is 91.7 cm³/mol. The summed E-state index contributed by atoms with van der Waals surface area (Å²) in [6.45, 7) is 11.0. The van der Waals surface area contributed by atoms with E-state index in [1.54, 1.807) is 0 Å². The van der Waals surface area contributed by atoms with Gasteiger partial charge in [0.2, 0.25) is 0 Å². The third-order valence-electron chi connectivity index (χ3n) is 4.18. The summed E-state index contributed by atoms with van der Waals surface area (Å²) >= 11 is 0. The van der Waals surface area contributed by atoms with Crippen LogP contribution >= 0.6 is 0 Å². The molecule has 0 saturated heterocycles. The van der Waals surface area contributed by atoms with Crippen LogP contribution in [0.2, 0.25) is 0 Å². The highest BCUT2D eigenvalue weighted by molar-refractivity contribution is 5.28. The predicted octanol–water partition coefficient (Wildman–Crippen LogP) is 5.53. The van der Waals surface area contributed by atoms with Crippen LogP contribution in [0.5, 0.6) is 0 Å². The molecule has 0 amide bonds. The highest BCUT2D eigenvalue weighted by Gasteiger charge is 2.11. The van der Waals surface area contributed by atoms with Crippen molar-refractivity contribution >= 4 is 0 Å². The molecule has 0 spiro atoms. The fraction of sp³-hybridized carbons (Fsp3) is 0.400. The Kier molecular flexibility index (Phi) is 5.19. The number of hydrogen-bond acceptors (Lipinski definition) is 1. The average molecular weight is 281 g/mol. The van der Waals surface area contributed by atoms with E-state index in [-0.39, 0.29) is 0 Å². The van der Waals surface area contributed by atoms with Crippen molar-refractivity contribution in [2.45, 2.75) is 52.6 Å². The first kappa shape index (κ1) is 15.8. The van der Waals surface area contributed by atoms with E-state index in [1.807, 2.05) is 0 Å². The number of benzene rings is 2. The molecule has 1 unspecified atom stereocenters. The lowest BCUT2D eigenvalue weighted by atomic mass is 9.98. The van der Waals surface area contributed by atoms with Gasteiger partial charge < -0.3 is 5.32 Å². The first-order valence-corrected chi connectivity index (χ1v) is 7.90. The minimum atomic E-state index is 0.350. The van der Waals surface area contributed by atoms with Crippen LogP contribution < -0.4 is 5.32 Å². The molecule has 0 saturated carbocycles. The van der Waals surface area contributed by atoms with Gasteiger partial charge in [-0.2, -0.15) is 0 Å². The summed E-state index contributed by atoms with van der Waals surface area (Å²) in [6, 6.07) is 18.5. The fourth-order valence-corrected chi connectivity index (χ4v) is 2.59. The van der Waals surface area contributed by atoms with E-state index < -0.39 is 0 Å². The van der Waals surface area contributed by atoms with E-state index in [4.69, 9.17) is 0 Å². The van der Waals surface area contributed by atoms with Crippen molar-refractivity contribution in [1.82, 2.24) is 5.32 Å². The largest absolute Gasteiger partial charge is 0.304 e. The van der Waals surface area contributed by atoms with Gasteiger partial charge in [0, 0.05) is 12.1 Å². The van der Waals surface area contributed by atoms with Crippen LogP contribution in [0.15, 0.2) is 48.5 Å². The van der Waals surface area contributed by atoms with Gasteiger partial charge in [0.25, 0.3) is 0 Å². The molecule has 0 radical (unpaired) electrons. The van der Waals surface area contributed by atoms with E-state index in [2.05, 4.69) is 88.5 Å². The maximum Gasteiger partial charge on any atom is 0.0297 e. The number of rotatable bonds is 5. The van der Waals surface area contributed by atoms with Crippen molar-refractivity contribution in [2.75, 3.05) is 0 Å². The summed E-state index contributed by atoms with van der Waals surface area (Å²) in [4.78, 5) is 0. The van der Waals surface area contributed by atoms with E-state index in [1.165, 1.54) is 22.3 Å². The van der Waals surface area contributed by atoms with Crippen molar-refractivity contribution < 1.29 is 0 Å². The lowest BCUT2D eigenvalue weighted by molar-refractivity contribution is 0.494. The van der Waals surface area contributed by atoms with Gasteiger partial charge >= 0.3 is 0 Å². The maximum absolute atomic E-state index is 3.68. The van der Waals surface area contributed by atoms with Crippen molar-refractivity contribution in [3.05, 3.63) is 70.8 Å². The monoisotopic (exact) mass is 281 g/mol. The Bertz CT molecular complexity index is 551. The normalized spacial score (nSPS) is 14.2. The molecule has 0 fully saturated rings. The highest BCUT2D eigenvalue weighted by atomic mass is 14.9. The Labute approximate surface area is 129 Å². The van der Waals surface area contributed by atoms with Crippen molar-refractivity contribution in [3.63, 3.8) is 0 Å². The molecule has 1 N–H and O–H groups in total. The smallest absolute Gasteiger partial charge is 0.0297 e. The molecule has 112 valence electrons. The zero-order valence-corrected chi connectivity index (χ0v) is 13.9. The minimum Gasteiger partial charge on any atom is -0.304 e. The molecule has 0 bridgehead atoms. The van der Waals surface area contributed by atoms with E-state index in [0.717, 1.165) is 0 Å². The van der Waals surface area contributed by atoms with Crippen LogP contribution in [0.4, 0.5) is 0 Å². The summed E-state index contributed by atoms with van der Waals surface area (Å²) < 4.78 is 0. The van der Waals surface area contributed by atoms with Crippen molar-refractivity contribution in [2.24, 2.45) is 0 Å². The van der Waals surface area contributed by atoms with Gasteiger partial charge in [-0.05, 0) is 43.4 Å². The molecule has 2 aromatic rings. The lowest BCUT2D eigenvalue weighted by Gasteiger charge is -2.21. The summed E-state index contributed by atoms with van der Waals surface area (Å²) in [6.07, 6.45) is 0. The Morgan fingerprint density at radius 2 is 1.00 bits per heavy atom. The molecule has 2 atom stereocenters. The third kappa shape index (κ3) is 4.18. The third-order valence-corrected chi connectivity index (χ3v) is 4.18. The van der Waals surface area contributed by atoms with Gasteiger partial charge in [-0.1, -0.05) is 67.9 Å². The SMILES string of the molecule is Cc1ccc([C@H](C)NC(C)c2ccc(C(C)C)cc2)cc1. The van der Waals surface area contributed by atoms with Crippen molar-refractivity contribution in [3.8, 4) is 0 Å². The number of hydrogen-bond donors (Lipinski definition) is 1. The lowest BCUT2D eigenvalue weighted by Crippen LogP contribution is -2.22. The molecule has 0 heterocycles. The van der Waals surface area contributed by atoms with E-state index in [0.29, 0.717) is 18.0 Å². The van der Waals surface area contributed by atoms with E-state index >= 15 is 0 Å². The molecule has 21 heavy (non-hydrogen) atoms. The molecule has 0 aliphatic heterocycles. The average Bonchev–Trinajstić information content (AvgIpc) is 2.47. The summed E-state index contributed by atoms with van der Waals surface area (Å²) in [5.74, 6) is 0.591. The molecule has 2 rings (SSSR count). The maximum atomic E-state index is 3.68. The first-order valence-electron chi connectivity index (χ1n) is 7.90. The van der Waals surface area contributed by atoms with Crippen LogP contribution in [0, 0.1) is 6.92 Å². The Balaban J connectivity index is 2.03. The number of aryl methyl sites for hydroxylation is 1. The Morgan fingerprint density at radius 3 is 1.43 bits per heavy atom. The Morgan fingerprint density at radius 1 is 0.619 bits per heavy atom. The standard InChI is InChI=1S/C20H27N/c1-14(2)18-10-12-20(13-11-18)17(5)21-16(4)19-8-6-15(3)7-9-19/h6-14,16-17,21H,1-5H3/t16-,17?/m0/s1. The molecular formula is C20H27N. The van der Waals surface area contributed by atoms with Crippen molar-refractivity contribution in [1.29, 1.82) is 0 Å². The van der Waals surface area contributed by atoms with E-state index in [9.17, 15) is 0 Å². The van der Waals surface area contributed by atoms with Gasteiger partial charge in [-0.3, -0.25) is 0 Å². The fourth-order valence-electron chi connectivity index (χ4n) is 2.59. The van der Waals surface area contributed by atoms with Gasteiger partial charge in [-0.25, -0.2) is 0 Å². The second kappa shape index (κ2) is 6.91. The molecule has 0 aromatic heterocycles. The summed E-state index contributed by atoms with van der Waals surface area (Å²) in [5.41, 5.74) is 5.39. The minimum absolute atomic E-state index is 0.350. The summed E-state index contributed by atoms with van der Waals surface area (Å²) in [7, 11) is 0. The second-order valence-corrected chi connectivity index (χ2v) is 6.34. The molecule has 0 aliphatic carbocycles. The highest BCUT2D eigenvalue weighted by Crippen LogP contribution is 2.22. The van der Waals surface area contributed by atoms with Crippen LogP contribution in [0.3, 0.4) is 0 Å². The van der Waals surface area contributed by atoms with Crippen LogP contribution in [-0.2, 0) is 0 Å². The van der Waals surface area contributed by atoms with Gasteiger partial charge in [0.15, 0.2) is 0 Å². The molecule has 1 heteroatoms. The first-order chi connectivity index (χ1) is 9.97. The van der Waals surface area contributed by atoms with Gasteiger partial charge in [-0.15, -0.1) is 0 Å². The molecule has 2 aromatic carbocycles. The summed E-state index contributed by atoms with van der Waals surface area (Å²) in [5, 5.41) is 3.68. The topological polar surface area (TPSA) is 12.0 Å². The molecular weight excluding hydrogens is 254 g/mol. The Hall–Kier alpha value is -1.60. The van der Waals surface area contributed by atoms with Crippen LogP contribution in [0.25, 0.3) is 0 Å². The zero-order chi connectivity index (χ0) is 15.4. The van der Waals surface area contributed by atoms with Crippen LogP contribution in [-0.4, -0.2) is 0 Å². The molecule has 0 aliphatic rings. The van der Waals surface area contributed by atoms with Gasteiger partial charge in [0.05, 0.1) is 0 Å². The second-order valence-electron chi connectivity index (χ2n) is 6.34. The zero-order valence-electron chi connectivity index (χ0n) is 13.9. The van der Waals surface area contributed by atoms with Gasteiger partial charge in [0.1, 0.15) is 0 Å². The molecule has 1 nitrogen and oxygen atoms in total. The van der Waals surface area contributed by atoms with Crippen LogP contribution in [0.1, 0.15) is 68.0 Å². The quantitative estimate of drug-likeness (QED) is 0.759.